The van der Waals surface area contributed by atoms with Gasteiger partial charge in [0.15, 0.2) is 6.10 Å². The first-order valence-corrected chi connectivity index (χ1v) is 8.76. The Labute approximate surface area is 149 Å². The van der Waals surface area contributed by atoms with Crippen LogP contribution in [-0.2, 0) is 4.79 Å². The van der Waals surface area contributed by atoms with Crippen LogP contribution in [-0.4, -0.2) is 30.6 Å². The van der Waals surface area contributed by atoms with Crippen LogP contribution in [0, 0.1) is 6.92 Å². The number of carbonyl (C=O) groups excluding carboxylic acids is 1. The van der Waals surface area contributed by atoms with Gasteiger partial charge in [0, 0.05) is 6.54 Å². The zero-order valence-corrected chi connectivity index (χ0v) is 15.1. The maximum absolute atomic E-state index is 12.9. The Hall–Kier alpha value is -2.49. The topological polar surface area (TPSA) is 38.8 Å². The van der Waals surface area contributed by atoms with Crippen molar-refractivity contribution in [3.63, 3.8) is 0 Å². The van der Waals surface area contributed by atoms with Crippen LogP contribution >= 0.6 is 0 Å². The fourth-order valence-corrected chi connectivity index (χ4v) is 3.31. The van der Waals surface area contributed by atoms with Crippen molar-refractivity contribution >= 4 is 5.91 Å². The molecule has 1 amide bonds. The van der Waals surface area contributed by atoms with Gasteiger partial charge in [-0.05, 0) is 56.5 Å². The van der Waals surface area contributed by atoms with Crippen LogP contribution in [0.3, 0.4) is 0 Å². The Morgan fingerprint density at radius 2 is 1.72 bits per heavy atom. The third-order valence-electron chi connectivity index (χ3n) is 4.72. The Bertz CT molecular complexity index is 709. The second-order valence-corrected chi connectivity index (χ2v) is 6.54. The van der Waals surface area contributed by atoms with Gasteiger partial charge in [0.1, 0.15) is 11.5 Å². The molecule has 1 saturated heterocycles. The van der Waals surface area contributed by atoms with E-state index in [1.54, 1.807) is 7.11 Å². The molecule has 1 aliphatic rings. The van der Waals surface area contributed by atoms with Crippen molar-refractivity contribution in [1.82, 2.24) is 4.90 Å². The molecule has 2 atom stereocenters. The van der Waals surface area contributed by atoms with Gasteiger partial charge in [0.25, 0.3) is 5.91 Å². The Balaban J connectivity index is 1.68. The standard InChI is InChI=1S/C21H25NO3/c1-15-6-8-17(9-7-15)20-5-4-14-22(20)21(23)16(2)25-19-12-10-18(24-3)11-13-19/h6-13,16,20H,4-5,14H2,1-3H3/t16-,20-/m1/s1. The summed E-state index contributed by atoms with van der Waals surface area (Å²) < 4.78 is 11.0. The number of benzene rings is 2. The smallest absolute Gasteiger partial charge is 0.263 e. The third-order valence-corrected chi connectivity index (χ3v) is 4.72. The zero-order valence-electron chi connectivity index (χ0n) is 15.1. The summed E-state index contributed by atoms with van der Waals surface area (Å²) in [5.74, 6) is 1.48. The quantitative estimate of drug-likeness (QED) is 0.822. The molecule has 3 rings (SSSR count). The first-order chi connectivity index (χ1) is 12.1. The molecule has 0 bridgehead atoms. The average Bonchev–Trinajstić information content (AvgIpc) is 3.12. The molecule has 4 nitrogen and oxygen atoms in total. The van der Waals surface area contributed by atoms with Crippen molar-refractivity contribution in [3.8, 4) is 11.5 Å². The predicted octanol–water partition coefficient (Wildman–Crippen LogP) is 4.13. The molecule has 0 aromatic heterocycles. The molecule has 0 spiro atoms. The molecule has 25 heavy (non-hydrogen) atoms. The summed E-state index contributed by atoms with van der Waals surface area (Å²) in [6.07, 6.45) is 1.52. The molecule has 0 aliphatic carbocycles. The van der Waals surface area contributed by atoms with Crippen LogP contribution in [0.4, 0.5) is 0 Å². The monoisotopic (exact) mass is 339 g/mol. The molecule has 0 unspecified atom stereocenters. The fraction of sp³-hybridized carbons (Fsp3) is 0.381. The van der Waals surface area contributed by atoms with Gasteiger partial charge >= 0.3 is 0 Å². The molecule has 1 aliphatic heterocycles. The average molecular weight is 339 g/mol. The molecule has 1 heterocycles. The van der Waals surface area contributed by atoms with Crippen molar-refractivity contribution in [2.75, 3.05) is 13.7 Å². The minimum atomic E-state index is -0.514. The SMILES string of the molecule is COc1ccc(O[C@H](C)C(=O)N2CCC[C@@H]2c2ccc(C)cc2)cc1. The molecule has 0 N–H and O–H groups in total. The van der Waals surface area contributed by atoms with Crippen molar-refractivity contribution in [1.29, 1.82) is 0 Å². The number of nitrogens with zero attached hydrogens (tertiary/aromatic N) is 1. The molecule has 1 fully saturated rings. The number of methoxy groups -OCH3 is 1. The molecule has 0 saturated carbocycles. The number of rotatable bonds is 5. The maximum atomic E-state index is 12.9. The summed E-state index contributed by atoms with van der Waals surface area (Å²) in [6.45, 7) is 4.68. The first-order valence-electron chi connectivity index (χ1n) is 8.76. The normalized spacial score (nSPS) is 18.0. The van der Waals surface area contributed by atoms with E-state index in [0.29, 0.717) is 5.75 Å². The lowest BCUT2D eigenvalue weighted by atomic mass is 10.0. The van der Waals surface area contributed by atoms with Crippen LogP contribution in [0.2, 0.25) is 0 Å². The molecular weight excluding hydrogens is 314 g/mol. The molecule has 0 radical (unpaired) electrons. The molecule has 132 valence electrons. The molecule has 2 aromatic rings. The van der Waals surface area contributed by atoms with E-state index in [-0.39, 0.29) is 11.9 Å². The predicted molar refractivity (Wildman–Crippen MR) is 98.0 cm³/mol. The van der Waals surface area contributed by atoms with Crippen LogP contribution in [0.15, 0.2) is 48.5 Å². The minimum Gasteiger partial charge on any atom is -0.497 e. The third kappa shape index (κ3) is 3.95. The summed E-state index contributed by atoms with van der Waals surface area (Å²) in [7, 11) is 1.63. The Morgan fingerprint density at radius 3 is 2.36 bits per heavy atom. The summed E-state index contributed by atoms with van der Waals surface area (Å²) in [6, 6.07) is 15.9. The zero-order chi connectivity index (χ0) is 17.8. The van der Waals surface area contributed by atoms with E-state index in [2.05, 4.69) is 31.2 Å². The molecule has 2 aromatic carbocycles. The Kier molecular flexibility index (Phi) is 5.27. The summed E-state index contributed by atoms with van der Waals surface area (Å²) >= 11 is 0. The molecular formula is C21H25NO3. The van der Waals surface area contributed by atoms with E-state index in [0.717, 1.165) is 25.1 Å². The first kappa shape index (κ1) is 17.3. The van der Waals surface area contributed by atoms with Crippen LogP contribution in [0.25, 0.3) is 0 Å². The molecule has 4 heteroatoms. The summed E-state index contributed by atoms with van der Waals surface area (Å²) in [5, 5.41) is 0. The van der Waals surface area contributed by atoms with Gasteiger partial charge in [0.05, 0.1) is 13.2 Å². The van der Waals surface area contributed by atoms with Gasteiger partial charge in [0.2, 0.25) is 0 Å². The van der Waals surface area contributed by atoms with E-state index < -0.39 is 6.10 Å². The van der Waals surface area contributed by atoms with Gasteiger partial charge in [-0.15, -0.1) is 0 Å². The van der Waals surface area contributed by atoms with Crippen LogP contribution in [0.5, 0.6) is 11.5 Å². The van der Waals surface area contributed by atoms with Crippen molar-refractivity contribution in [3.05, 3.63) is 59.7 Å². The maximum Gasteiger partial charge on any atom is 0.263 e. The van der Waals surface area contributed by atoms with Gasteiger partial charge < -0.3 is 14.4 Å². The summed E-state index contributed by atoms with van der Waals surface area (Å²) in [5.41, 5.74) is 2.43. The summed E-state index contributed by atoms with van der Waals surface area (Å²) in [4.78, 5) is 14.9. The van der Waals surface area contributed by atoms with E-state index in [4.69, 9.17) is 9.47 Å². The van der Waals surface area contributed by atoms with E-state index >= 15 is 0 Å². The van der Waals surface area contributed by atoms with E-state index in [1.165, 1.54) is 11.1 Å². The highest BCUT2D eigenvalue weighted by Crippen LogP contribution is 2.33. The van der Waals surface area contributed by atoms with Crippen molar-refractivity contribution in [2.45, 2.75) is 38.8 Å². The number of likely N-dealkylation sites (tertiary alicyclic amines) is 1. The van der Waals surface area contributed by atoms with Crippen LogP contribution in [0.1, 0.15) is 36.9 Å². The number of aryl methyl sites for hydroxylation is 1. The van der Waals surface area contributed by atoms with Gasteiger partial charge in [-0.2, -0.15) is 0 Å². The van der Waals surface area contributed by atoms with Crippen molar-refractivity contribution < 1.29 is 14.3 Å². The van der Waals surface area contributed by atoms with Crippen molar-refractivity contribution in [2.24, 2.45) is 0 Å². The van der Waals surface area contributed by atoms with Gasteiger partial charge in [-0.25, -0.2) is 0 Å². The number of hydrogen-bond acceptors (Lipinski definition) is 3. The minimum absolute atomic E-state index is 0.0406. The van der Waals surface area contributed by atoms with Crippen LogP contribution < -0.4 is 9.47 Å². The lowest BCUT2D eigenvalue weighted by molar-refractivity contribution is -0.138. The number of carbonyl (C=O) groups is 1. The van der Waals surface area contributed by atoms with E-state index in [1.807, 2.05) is 36.1 Å². The fourth-order valence-electron chi connectivity index (χ4n) is 3.31. The second-order valence-electron chi connectivity index (χ2n) is 6.54. The highest BCUT2D eigenvalue weighted by Gasteiger charge is 2.33. The Morgan fingerprint density at radius 1 is 1.08 bits per heavy atom. The second kappa shape index (κ2) is 7.60. The van der Waals surface area contributed by atoms with Gasteiger partial charge in [-0.1, -0.05) is 29.8 Å². The highest BCUT2D eigenvalue weighted by molar-refractivity contribution is 5.81. The lowest BCUT2D eigenvalue weighted by Crippen LogP contribution is -2.40. The largest absolute Gasteiger partial charge is 0.497 e. The highest BCUT2D eigenvalue weighted by atomic mass is 16.5. The lowest BCUT2D eigenvalue weighted by Gasteiger charge is -2.28. The number of hydrogen-bond donors (Lipinski definition) is 0. The number of ether oxygens (including phenoxy) is 2. The number of amides is 1. The van der Waals surface area contributed by atoms with E-state index in [9.17, 15) is 4.79 Å². The van der Waals surface area contributed by atoms with Gasteiger partial charge in [-0.3, -0.25) is 4.79 Å².